The van der Waals surface area contributed by atoms with Crippen LogP contribution in [0.4, 0.5) is 0 Å². The van der Waals surface area contributed by atoms with Gasteiger partial charge in [0.2, 0.25) is 0 Å². The maximum atomic E-state index is 11.5. The van der Waals surface area contributed by atoms with Crippen LogP contribution in [-0.2, 0) is 94.8 Å². The number of nitrogens with zero attached hydrogens (tertiary/aromatic N) is 4. The standard InChI is InChI=1S/C22H16N.2C16H12N.C15H10N.C11H20O2.2C5H8O2.4Ir/c1-16-10-11-18-12-13-21(23-22(18)14-16)20-9-5-8-19(15-20)17-6-3-2-4-7-17;2*1-12-7-8-14-9-10-15(17-16(14)11-12)13-5-3-2-4-6-13;1-2-6-12(7-3-1)15-11-10-13-8-4-5-9-14(13)16-15;1-10(2,3)8(12)7-9(13)11(4,5)6;2*1-4(6)3-5(2)7;;;;/h2-8,10-15H,1H3;2*2-5,7-11H,1H3;1-6,8-11H;7,12H,1-6H3;2*3,6H,1-2H3;;;;/q4*-1;;;;;;;. The van der Waals surface area contributed by atoms with Crippen LogP contribution in [0.2, 0.25) is 0 Å². The summed E-state index contributed by atoms with van der Waals surface area (Å²) >= 11 is 0. The van der Waals surface area contributed by atoms with E-state index < -0.39 is 5.41 Å². The number of carbonyl (C=O) groups excluding carboxylic acids is 3. The second-order valence-electron chi connectivity index (χ2n) is 25.9. The quantitative estimate of drug-likeness (QED) is 0.0758. The third-order valence-electron chi connectivity index (χ3n) is 14.9. The fraction of sp³-hybridized carbons (Fsp3) is 0.167. The van der Waals surface area contributed by atoms with Crippen molar-refractivity contribution in [3.8, 4) is 56.2 Å². The first-order valence-electron chi connectivity index (χ1n) is 32.9. The minimum atomic E-state index is -0.417. The molecule has 3 N–H and O–H groups in total. The second-order valence-corrected chi connectivity index (χ2v) is 25.9. The van der Waals surface area contributed by atoms with Gasteiger partial charge < -0.3 is 15.3 Å². The molecule has 0 aliphatic carbocycles. The molecular formula is C90H86Ir4N4O6-4. The Kier molecular flexibility index (Phi) is 37.5. The minimum Gasteiger partial charge on any atom is -0.512 e. The second kappa shape index (κ2) is 43.8. The number of benzene rings is 9. The molecule has 4 heterocycles. The van der Waals surface area contributed by atoms with Crippen LogP contribution in [0, 0.1) is 55.9 Å². The van der Waals surface area contributed by atoms with E-state index in [1.165, 1.54) is 95.3 Å². The van der Waals surface area contributed by atoms with Gasteiger partial charge in [-0.3, -0.25) is 34.3 Å². The van der Waals surface area contributed by atoms with Gasteiger partial charge in [-0.1, -0.05) is 175 Å². The Bertz CT molecular complexity index is 4820. The van der Waals surface area contributed by atoms with Crippen molar-refractivity contribution < 1.29 is 110 Å². The van der Waals surface area contributed by atoms with Crippen molar-refractivity contribution in [2.24, 2.45) is 10.8 Å². The minimum absolute atomic E-state index is 0. The number of fused-ring (bicyclic) bond motifs is 4. The Labute approximate surface area is 667 Å². The molecule has 4 aromatic heterocycles. The molecule has 0 bridgehead atoms. The molecule has 542 valence electrons. The smallest absolute Gasteiger partial charge is 0.164 e. The van der Waals surface area contributed by atoms with E-state index in [1.54, 1.807) is 0 Å². The maximum Gasteiger partial charge on any atom is 0.164 e. The van der Waals surface area contributed by atoms with Crippen molar-refractivity contribution in [3.63, 3.8) is 0 Å². The van der Waals surface area contributed by atoms with Gasteiger partial charge in [0.1, 0.15) is 5.76 Å². The van der Waals surface area contributed by atoms with E-state index >= 15 is 0 Å². The Balaban J connectivity index is 0.000000323. The fourth-order valence-corrected chi connectivity index (χ4v) is 9.58. The SMILES string of the molecule is CC(=O)C=C(C)O.CC(=O)C=C(C)O.CC(C)(C)C(=O)C=C(O)C(C)(C)C.Cc1ccc2ccc(-c3[c-]ccc(-c4ccccc4)c3)nc2c1.Cc1ccc2ccc(-c3[c-]cccc3)nc2c1.Cc1ccc2ccc(-c3[c-]cccc3)nc2c1.[Ir].[Ir].[Ir].[Ir].[c-]1ccccc1-c1ccc2ccccc2n1. The third kappa shape index (κ3) is 29.5. The average Bonchev–Trinajstić information content (AvgIpc) is 0.849. The molecule has 10 nitrogen and oxygen atoms in total. The van der Waals surface area contributed by atoms with Gasteiger partial charge in [-0.15, -0.1) is 143 Å². The summed E-state index contributed by atoms with van der Waals surface area (Å²) in [6.45, 7) is 23.1. The molecule has 0 spiro atoms. The molecule has 0 unspecified atom stereocenters. The van der Waals surface area contributed by atoms with Crippen LogP contribution < -0.4 is 0 Å². The van der Waals surface area contributed by atoms with Crippen molar-refractivity contribution in [3.05, 3.63) is 325 Å². The normalized spacial score (nSPS) is 10.8. The molecule has 0 saturated heterocycles. The van der Waals surface area contributed by atoms with E-state index in [4.69, 9.17) is 15.2 Å². The molecule has 0 atom stereocenters. The third-order valence-corrected chi connectivity index (χ3v) is 14.9. The number of hydrogen-bond acceptors (Lipinski definition) is 10. The number of carbonyl (C=O) groups is 3. The first-order chi connectivity index (χ1) is 47.7. The van der Waals surface area contributed by atoms with Crippen LogP contribution in [0.3, 0.4) is 0 Å². The van der Waals surface area contributed by atoms with E-state index in [9.17, 15) is 19.5 Å². The predicted octanol–water partition coefficient (Wildman–Crippen LogP) is 22.6. The van der Waals surface area contributed by atoms with Crippen molar-refractivity contribution >= 4 is 61.0 Å². The van der Waals surface area contributed by atoms with Crippen molar-refractivity contribution in [1.29, 1.82) is 0 Å². The first kappa shape index (κ1) is 89.1. The molecular weight excluding hydrogens is 2000 g/mol. The summed E-state index contributed by atoms with van der Waals surface area (Å²) in [4.78, 5) is 50.3. The zero-order chi connectivity index (χ0) is 72.4. The molecule has 9 aromatic carbocycles. The Hall–Kier alpha value is -9.15. The van der Waals surface area contributed by atoms with Crippen LogP contribution in [0.5, 0.6) is 0 Å². The zero-order valence-corrected chi connectivity index (χ0v) is 70.2. The molecule has 0 fully saturated rings. The number of aromatic nitrogens is 4. The monoisotopic (exact) mass is 2090 g/mol. The Morgan fingerprint density at radius 1 is 0.327 bits per heavy atom. The number of aliphatic hydroxyl groups excluding tert-OH is 3. The van der Waals surface area contributed by atoms with Gasteiger partial charge in [0.05, 0.1) is 33.6 Å². The molecule has 4 radical (unpaired) electrons. The molecule has 0 aliphatic heterocycles. The molecule has 0 saturated carbocycles. The summed E-state index contributed by atoms with van der Waals surface area (Å²) in [5, 5.41) is 31.0. The average molecular weight is 2090 g/mol. The van der Waals surface area contributed by atoms with Gasteiger partial charge in [-0.05, 0) is 139 Å². The predicted molar refractivity (Wildman–Crippen MR) is 412 cm³/mol. The van der Waals surface area contributed by atoms with Crippen molar-refractivity contribution in [2.75, 3.05) is 0 Å². The molecule has 13 aromatic rings. The molecule has 0 amide bonds. The van der Waals surface area contributed by atoms with Gasteiger partial charge >= 0.3 is 0 Å². The topological polar surface area (TPSA) is 163 Å². The molecule has 14 heteroatoms. The van der Waals surface area contributed by atoms with Crippen LogP contribution in [0.25, 0.3) is 99.8 Å². The zero-order valence-electron chi connectivity index (χ0n) is 60.6. The molecule has 104 heavy (non-hydrogen) atoms. The summed E-state index contributed by atoms with van der Waals surface area (Å²) in [5.41, 5.74) is 17.5. The maximum absolute atomic E-state index is 11.5. The number of aryl methyl sites for hydroxylation is 3. The Morgan fingerprint density at radius 3 is 0.990 bits per heavy atom. The number of pyridine rings is 4. The Morgan fingerprint density at radius 2 is 0.654 bits per heavy atom. The number of hydrogen-bond donors (Lipinski definition) is 3. The summed E-state index contributed by atoms with van der Waals surface area (Å²) in [7, 11) is 0. The van der Waals surface area contributed by atoms with Crippen LogP contribution in [-0.4, -0.2) is 52.6 Å². The van der Waals surface area contributed by atoms with Crippen molar-refractivity contribution in [2.45, 2.75) is 90.0 Å². The van der Waals surface area contributed by atoms with E-state index in [0.717, 1.165) is 67.1 Å². The first-order valence-corrected chi connectivity index (χ1v) is 32.9. The number of ketones is 3. The van der Waals surface area contributed by atoms with E-state index in [1.807, 2.05) is 163 Å². The molecule has 13 rings (SSSR count). The van der Waals surface area contributed by atoms with Gasteiger partial charge in [0.15, 0.2) is 17.3 Å². The van der Waals surface area contributed by atoms with E-state index in [-0.39, 0.29) is 120 Å². The largest absolute Gasteiger partial charge is 0.512 e. The number of aliphatic hydroxyl groups is 3. The molecule has 0 aliphatic rings. The van der Waals surface area contributed by atoms with Crippen molar-refractivity contribution in [1.82, 2.24) is 19.9 Å². The van der Waals surface area contributed by atoms with Crippen LogP contribution >= 0.6 is 0 Å². The summed E-state index contributed by atoms with van der Waals surface area (Å²) in [5.74, 6) is -0.0210. The number of rotatable bonds is 8. The van der Waals surface area contributed by atoms with Crippen LogP contribution in [0.1, 0.15) is 85.9 Å². The van der Waals surface area contributed by atoms with Gasteiger partial charge in [0, 0.05) is 109 Å². The number of para-hydroxylation sites is 1. The summed E-state index contributed by atoms with van der Waals surface area (Å²) in [6, 6.07) is 97.0. The summed E-state index contributed by atoms with van der Waals surface area (Å²) < 4.78 is 0. The van der Waals surface area contributed by atoms with E-state index in [0.29, 0.717) is 0 Å². The number of allylic oxidation sites excluding steroid dienone is 6. The fourth-order valence-electron chi connectivity index (χ4n) is 9.58. The van der Waals surface area contributed by atoms with Gasteiger partial charge in [-0.25, -0.2) is 0 Å². The van der Waals surface area contributed by atoms with Gasteiger partial charge in [0.25, 0.3) is 0 Å². The van der Waals surface area contributed by atoms with E-state index in [2.05, 4.69) is 187 Å². The van der Waals surface area contributed by atoms with Gasteiger partial charge in [-0.2, -0.15) is 0 Å². The van der Waals surface area contributed by atoms with Crippen LogP contribution in [0.15, 0.2) is 284 Å². The summed E-state index contributed by atoms with van der Waals surface area (Å²) in [6.07, 6.45) is 3.67.